The van der Waals surface area contributed by atoms with Crippen molar-refractivity contribution >= 4 is 17.1 Å². The number of amides is 1. The molecule has 1 amide bonds. The fraction of sp³-hybridized carbons (Fsp3) is 0.379. The summed E-state index contributed by atoms with van der Waals surface area (Å²) >= 11 is 0. The lowest BCUT2D eigenvalue weighted by Crippen LogP contribution is -2.45. The number of unbranched alkanes of at least 4 members (excludes halogenated alkanes) is 1. The highest BCUT2D eigenvalue weighted by atomic mass is 16.2. The topological polar surface area (TPSA) is 82.1 Å². The monoisotopic (exact) mass is 499 g/mol. The van der Waals surface area contributed by atoms with Gasteiger partial charge in [0.15, 0.2) is 11.2 Å². The van der Waals surface area contributed by atoms with E-state index in [1.807, 2.05) is 47.0 Å². The molecular weight excluding hydrogens is 466 g/mol. The number of carbonyl (C=O) groups is 1. The van der Waals surface area contributed by atoms with E-state index in [0.717, 1.165) is 47.8 Å². The number of aromatic nitrogens is 4. The van der Waals surface area contributed by atoms with Gasteiger partial charge in [0.2, 0.25) is 5.91 Å². The van der Waals surface area contributed by atoms with E-state index in [0.29, 0.717) is 17.7 Å². The Kier molecular flexibility index (Phi) is 7.08. The van der Waals surface area contributed by atoms with Crippen LogP contribution in [0.5, 0.6) is 0 Å². The van der Waals surface area contributed by atoms with Gasteiger partial charge >= 0.3 is 5.69 Å². The summed E-state index contributed by atoms with van der Waals surface area (Å²) in [6.45, 7) is 2.66. The van der Waals surface area contributed by atoms with Crippen molar-refractivity contribution in [3.05, 3.63) is 98.5 Å². The lowest BCUT2D eigenvalue weighted by molar-refractivity contribution is -0.133. The maximum atomic E-state index is 13.7. The molecule has 192 valence electrons. The van der Waals surface area contributed by atoms with Crippen LogP contribution in [0.1, 0.15) is 55.3 Å². The fourth-order valence-corrected chi connectivity index (χ4v) is 5.34. The number of fused-ring (bicyclic) bond motifs is 2. The molecule has 8 heteroatoms. The Morgan fingerprint density at radius 2 is 1.81 bits per heavy atom. The molecule has 1 atom stereocenters. The predicted octanol–water partition coefficient (Wildman–Crippen LogP) is 3.74. The average molecular weight is 500 g/mol. The summed E-state index contributed by atoms with van der Waals surface area (Å²) in [6.07, 6.45) is 6.31. The molecule has 2 aromatic heterocycles. The molecule has 0 saturated heterocycles. The Bertz CT molecular complexity index is 1530. The summed E-state index contributed by atoms with van der Waals surface area (Å²) in [4.78, 5) is 47.0. The van der Waals surface area contributed by atoms with Crippen LogP contribution in [0.15, 0.2) is 70.5 Å². The molecule has 0 bridgehead atoms. The second-order valence-electron chi connectivity index (χ2n) is 9.82. The molecule has 1 aliphatic rings. The number of nitrogens with zero attached hydrogens (tertiary/aromatic N) is 5. The lowest BCUT2D eigenvalue weighted by atomic mass is 9.87. The van der Waals surface area contributed by atoms with Crippen LogP contribution in [0.2, 0.25) is 0 Å². The van der Waals surface area contributed by atoms with E-state index >= 15 is 0 Å². The molecule has 2 heterocycles. The quantitative estimate of drug-likeness (QED) is 0.370. The van der Waals surface area contributed by atoms with Crippen LogP contribution in [-0.2, 0) is 30.8 Å². The number of carbonyl (C=O) groups excluding carboxylic acids is 1. The Morgan fingerprint density at radius 3 is 2.59 bits per heavy atom. The molecule has 5 rings (SSSR count). The van der Waals surface area contributed by atoms with Crippen molar-refractivity contribution in [2.45, 2.75) is 64.7 Å². The maximum Gasteiger partial charge on any atom is 0.333 e. The van der Waals surface area contributed by atoms with Gasteiger partial charge in [0.25, 0.3) is 5.56 Å². The Labute approximate surface area is 215 Å². The van der Waals surface area contributed by atoms with Crippen LogP contribution in [0.25, 0.3) is 11.2 Å². The van der Waals surface area contributed by atoms with Crippen molar-refractivity contribution in [1.82, 2.24) is 23.6 Å². The number of benzene rings is 2. The third-order valence-electron chi connectivity index (χ3n) is 7.41. The van der Waals surface area contributed by atoms with Gasteiger partial charge in [-0.3, -0.25) is 14.2 Å². The van der Waals surface area contributed by atoms with Gasteiger partial charge in [0, 0.05) is 13.6 Å². The van der Waals surface area contributed by atoms with E-state index in [9.17, 15) is 14.4 Å². The summed E-state index contributed by atoms with van der Waals surface area (Å²) in [5.41, 5.74) is 3.04. The van der Waals surface area contributed by atoms with Gasteiger partial charge < -0.3 is 9.47 Å². The molecule has 2 aromatic carbocycles. The third kappa shape index (κ3) is 4.75. The molecule has 4 aromatic rings. The van der Waals surface area contributed by atoms with Crippen molar-refractivity contribution in [3.8, 4) is 0 Å². The highest BCUT2D eigenvalue weighted by Gasteiger charge is 2.28. The summed E-state index contributed by atoms with van der Waals surface area (Å²) in [5, 5.41) is 0. The largest absolute Gasteiger partial charge is 0.337 e. The van der Waals surface area contributed by atoms with Gasteiger partial charge in [0.05, 0.1) is 18.9 Å². The molecule has 8 nitrogen and oxygen atoms in total. The summed E-state index contributed by atoms with van der Waals surface area (Å²) in [6, 6.07) is 17.7. The highest BCUT2D eigenvalue weighted by Crippen LogP contribution is 2.33. The summed E-state index contributed by atoms with van der Waals surface area (Å²) in [7, 11) is 1.77. The Morgan fingerprint density at radius 1 is 1.05 bits per heavy atom. The zero-order valence-corrected chi connectivity index (χ0v) is 21.5. The van der Waals surface area contributed by atoms with Gasteiger partial charge in [-0.15, -0.1) is 0 Å². The minimum absolute atomic E-state index is 0.0708. The first-order valence-electron chi connectivity index (χ1n) is 13.1. The first-order chi connectivity index (χ1) is 18.0. The van der Waals surface area contributed by atoms with E-state index in [-0.39, 0.29) is 25.0 Å². The van der Waals surface area contributed by atoms with Crippen LogP contribution in [0, 0.1) is 0 Å². The van der Waals surface area contributed by atoms with Gasteiger partial charge in [-0.25, -0.2) is 14.3 Å². The predicted molar refractivity (Wildman–Crippen MR) is 144 cm³/mol. The molecule has 1 unspecified atom stereocenters. The highest BCUT2D eigenvalue weighted by molar-refractivity contribution is 5.77. The lowest BCUT2D eigenvalue weighted by Gasteiger charge is -2.33. The van der Waals surface area contributed by atoms with Crippen LogP contribution in [0.4, 0.5) is 0 Å². The molecule has 0 N–H and O–H groups in total. The zero-order chi connectivity index (χ0) is 25.9. The van der Waals surface area contributed by atoms with E-state index in [1.54, 1.807) is 18.3 Å². The number of rotatable bonds is 8. The molecule has 0 spiro atoms. The molecule has 1 aliphatic carbocycles. The third-order valence-corrected chi connectivity index (χ3v) is 7.41. The van der Waals surface area contributed by atoms with Gasteiger partial charge in [-0.2, -0.15) is 0 Å². The standard InChI is InChI=1S/C29H33N5O3/c1-3-4-17-32-20-30-27-26(32)28(36)34(29(37)33(27)18-21-11-6-5-7-12-21)19-25(35)31(2)24-16-10-14-22-13-8-9-15-23(22)24/h5-9,11-13,15,20,24H,3-4,10,14,16-19H2,1-2H3. The second kappa shape index (κ2) is 10.6. The SMILES string of the molecule is CCCCn1cnc2c1c(=O)n(CC(=O)N(C)C1CCCc3ccccc31)c(=O)n2Cc1ccccc1. The van der Waals surface area contributed by atoms with E-state index in [1.165, 1.54) is 10.1 Å². The molecule has 0 saturated carbocycles. The fourth-order valence-electron chi connectivity index (χ4n) is 5.34. The maximum absolute atomic E-state index is 13.7. The van der Waals surface area contributed by atoms with Crippen LogP contribution < -0.4 is 11.2 Å². The zero-order valence-electron chi connectivity index (χ0n) is 21.5. The first-order valence-corrected chi connectivity index (χ1v) is 13.1. The van der Waals surface area contributed by atoms with Crippen molar-refractivity contribution in [1.29, 1.82) is 0 Å². The van der Waals surface area contributed by atoms with Crippen molar-refractivity contribution in [2.24, 2.45) is 0 Å². The van der Waals surface area contributed by atoms with E-state index in [2.05, 4.69) is 24.0 Å². The summed E-state index contributed by atoms with van der Waals surface area (Å²) in [5.74, 6) is -0.258. The Hall–Kier alpha value is -3.94. The average Bonchev–Trinajstić information content (AvgIpc) is 3.36. The normalized spacial score (nSPS) is 15.0. The van der Waals surface area contributed by atoms with E-state index in [4.69, 9.17) is 0 Å². The minimum Gasteiger partial charge on any atom is -0.337 e. The Balaban J connectivity index is 1.55. The number of likely N-dealkylation sites (N-methyl/N-ethyl adjacent to an activating group) is 1. The summed E-state index contributed by atoms with van der Waals surface area (Å²) < 4.78 is 4.41. The number of aryl methyl sites for hydroxylation is 2. The van der Waals surface area contributed by atoms with Gasteiger partial charge in [-0.05, 0) is 42.4 Å². The number of hydrogen-bond donors (Lipinski definition) is 0. The van der Waals surface area contributed by atoms with Crippen LogP contribution in [0.3, 0.4) is 0 Å². The molecule has 37 heavy (non-hydrogen) atoms. The molecule has 0 fully saturated rings. The van der Waals surface area contributed by atoms with Crippen molar-refractivity contribution in [3.63, 3.8) is 0 Å². The molecule has 0 aliphatic heterocycles. The molecule has 0 radical (unpaired) electrons. The van der Waals surface area contributed by atoms with Crippen molar-refractivity contribution < 1.29 is 4.79 Å². The number of hydrogen-bond acceptors (Lipinski definition) is 4. The molecular formula is C29H33N5O3. The first kappa shape index (κ1) is 24.7. The van der Waals surface area contributed by atoms with Gasteiger partial charge in [-0.1, -0.05) is 67.9 Å². The number of imidazole rings is 1. The smallest absolute Gasteiger partial charge is 0.333 e. The second-order valence-corrected chi connectivity index (χ2v) is 9.82. The van der Waals surface area contributed by atoms with Crippen LogP contribution >= 0.6 is 0 Å². The van der Waals surface area contributed by atoms with Crippen molar-refractivity contribution in [2.75, 3.05) is 7.05 Å². The van der Waals surface area contributed by atoms with Gasteiger partial charge in [0.1, 0.15) is 6.54 Å². The van der Waals surface area contributed by atoms with Crippen LogP contribution in [-0.4, -0.2) is 36.5 Å². The minimum atomic E-state index is -0.520. The van der Waals surface area contributed by atoms with E-state index < -0.39 is 11.2 Å².